The first-order valence-corrected chi connectivity index (χ1v) is 6.33. The maximum absolute atomic E-state index is 5.64. The Balaban J connectivity index is 2.35. The van der Waals surface area contributed by atoms with Crippen LogP contribution in [0, 0.1) is 0 Å². The summed E-state index contributed by atoms with van der Waals surface area (Å²) in [6.07, 6.45) is 1.90. The van der Waals surface area contributed by atoms with Crippen molar-refractivity contribution in [3.8, 4) is 0 Å². The van der Waals surface area contributed by atoms with E-state index in [2.05, 4.69) is 10.3 Å². The molecule has 0 spiro atoms. The maximum Gasteiger partial charge on any atom is 0.108 e. The molecule has 0 aliphatic rings. The summed E-state index contributed by atoms with van der Waals surface area (Å²) >= 11 is 0. The second-order valence-electron chi connectivity index (χ2n) is 6.33. The summed E-state index contributed by atoms with van der Waals surface area (Å²) in [5.41, 5.74) is 0.582. The van der Waals surface area contributed by atoms with Crippen molar-refractivity contribution >= 4 is 0 Å². The van der Waals surface area contributed by atoms with Crippen LogP contribution in [0.4, 0.5) is 0 Å². The number of aromatic nitrogens is 3. The summed E-state index contributed by atoms with van der Waals surface area (Å²) < 4.78 is 13.1. The molecule has 1 aromatic heterocycles. The van der Waals surface area contributed by atoms with E-state index in [1.165, 1.54) is 0 Å². The van der Waals surface area contributed by atoms with Crippen molar-refractivity contribution in [1.29, 1.82) is 0 Å². The Morgan fingerprint density at radius 2 is 1.67 bits per heavy atom. The molecule has 0 radical (unpaired) electrons. The molecule has 0 N–H and O–H groups in total. The summed E-state index contributed by atoms with van der Waals surface area (Å²) in [6.45, 7) is 14.0. The molecular formula is C13H25N3O2. The van der Waals surface area contributed by atoms with E-state index in [1.807, 2.05) is 47.7 Å². The average molecular weight is 255 g/mol. The van der Waals surface area contributed by atoms with Crippen LogP contribution in [0.2, 0.25) is 0 Å². The van der Waals surface area contributed by atoms with Crippen LogP contribution in [0.5, 0.6) is 0 Å². The highest BCUT2D eigenvalue weighted by Gasteiger charge is 2.12. The van der Waals surface area contributed by atoms with Gasteiger partial charge in [0.2, 0.25) is 0 Å². The largest absolute Gasteiger partial charge is 0.374 e. The molecule has 1 rings (SSSR count). The van der Waals surface area contributed by atoms with Crippen LogP contribution in [0.1, 0.15) is 47.2 Å². The van der Waals surface area contributed by atoms with Crippen molar-refractivity contribution in [1.82, 2.24) is 15.0 Å². The number of ether oxygens (including phenoxy) is 2. The molecule has 0 bridgehead atoms. The van der Waals surface area contributed by atoms with Gasteiger partial charge in [-0.05, 0) is 41.5 Å². The lowest BCUT2D eigenvalue weighted by molar-refractivity contribution is -0.0166. The summed E-state index contributed by atoms with van der Waals surface area (Å²) in [7, 11) is 0. The molecule has 104 valence electrons. The first-order chi connectivity index (χ1) is 8.16. The fourth-order valence-electron chi connectivity index (χ4n) is 1.25. The number of nitrogens with zero attached hydrogens (tertiary/aromatic N) is 3. The summed E-state index contributed by atoms with van der Waals surface area (Å²) in [4.78, 5) is 0. The van der Waals surface area contributed by atoms with Crippen LogP contribution in [-0.2, 0) is 22.6 Å². The van der Waals surface area contributed by atoms with Gasteiger partial charge in [0.1, 0.15) is 5.69 Å². The van der Waals surface area contributed by atoms with Crippen LogP contribution < -0.4 is 0 Å². The minimum atomic E-state index is -0.154. The summed E-state index contributed by atoms with van der Waals surface area (Å²) in [5.74, 6) is 0. The van der Waals surface area contributed by atoms with Gasteiger partial charge in [0, 0.05) is 0 Å². The van der Waals surface area contributed by atoms with Gasteiger partial charge in [-0.3, -0.25) is 0 Å². The molecule has 0 fully saturated rings. The van der Waals surface area contributed by atoms with Crippen LogP contribution in [0.3, 0.4) is 0 Å². The molecule has 0 saturated heterocycles. The molecule has 0 saturated carbocycles. The molecule has 0 amide bonds. The zero-order valence-corrected chi connectivity index (χ0v) is 12.4. The van der Waals surface area contributed by atoms with E-state index < -0.39 is 0 Å². The molecule has 5 heteroatoms. The van der Waals surface area contributed by atoms with Crippen LogP contribution in [0.15, 0.2) is 6.20 Å². The van der Waals surface area contributed by atoms with Crippen molar-refractivity contribution in [2.75, 3.05) is 6.61 Å². The standard InChI is InChI=1S/C13H25N3O2/c1-12(2,3)17-8-7-16-9-11(14-15-16)10-18-13(4,5)6/h9H,7-8,10H2,1-6H3. The number of rotatable bonds is 5. The monoisotopic (exact) mass is 255 g/mol. The van der Waals surface area contributed by atoms with Gasteiger partial charge in [-0.15, -0.1) is 5.10 Å². The van der Waals surface area contributed by atoms with Crippen LogP contribution in [-0.4, -0.2) is 32.8 Å². The zero-order valence-electron chi connectivity index (χ0n) is 12.4. The van der Waals surface area contributed by atoms with Crippen molar-refractivity contribution in [3.63, 3.8) is 0 Å². The molecule has 1 heterocycles. The zero-order chi connectivity index (χ0) is 13.8. The van der Waals surface area contributed by atoms with Gasteiger partial charge in [-0.25, -0.2) is 4.68 Å². The third kappa shape index (κ3) is 6.71. The Hall–Kier alpha value is -0.940. The van der Waals surface area contributed by atoms with E-state index >= 15 is 0 Å². The Labute approximate surface area is 109 Å². The fourth-order valence-corrected chi connectivity index (χ4v) is 1.25. The van der Waals surface area contributed by atoms with Gasteiger partial charge in [0.25, 0.3) is 0 Å². The van der Waals surface area contributed by atoms with Crippen molar-refractivity contribution < 1.29 is 9.47 Å². The predicted molar refractivity (Wildman–Crippen MR) is 70.3 cm³/mol. The first kappa shape index (κ1) is 15.1. The van der Waals surface area contributed by atoms with Gasteiger partial charge in [0.05, 0.1) is 37.2 Å². The van der Waals surface area contributed by atoms with Gasteiger partial charge < -0.3 is 9.47 Å². The molecule has 0 unspecified atom stereocenters. The molecule has 0 aromatic carbocycles. The van der Waals surface area contributed by atoms with Crippen molar-refractivity contribution in [2.45, 2.75) is 65.9 Å². The Morgan fingerprint density at radius 3 is 2.22 bits per heavy atom. The highest BCUT2D eigenvalue weighted by atomic mass is 16.5. The molecular weight excluding hydrogens is 230 g/mol. The van der Waals surface area contributed by atoms with E-state index in [0.717, 1.165) is 5.69 Å². The predicted octanol–water partition coefficient (Wildman–Crippen LogP) is 2.41. The Kier molecular flexibility index (Phi) is 4.87. The van der Waals surface area contributed by atoms with Crippen LogP contribution >= 0.6 is 0 Å². The van der Waals surface area contributed by atoms with Gasteiger partial charge >= 0.3 is 0 Å². The lowest BCUT2D eigenvalue weighted by Crippen LogP contribution is -2.22. The molecule has 0 aliphatic carbocycles. The molecule has 5 nitrogen and oxygen atoms in total. The van der Waals surface area contributed by atoms with E-state index in [4.69, 9.17) is 9.47 Å². The second kappa shape index (κ2) is 5.80. The molecule has 0 atom stereocenters. The second-order valence-corrected chi connectivity index (χ2v) is 6.33. The van der Waals surface area contributed by atoms with E-state index in [1.54, 1.807) is 4.68 Å². The average Bonchev–Trinajstić information content (AvgIpc) is 2.60. The fraction of sp³-hybridized carbons (Fsp3) is 0.846. The Bertz CT molecular complexity index is 361. The van der Waals surface area contributed by atoms with Gasteiger partial charge in [0.15, 0.2) is 0 Å². The van der Waals surface area contributed by atoms with Crippen LogP contribution in [0.25, 0.3) is 0 Å². The number of hydrogen-bond acceptors (Lipinski definition) is 4. The van der Waals surface area contributed by atoms with Gasteiger partial charge in [-0.1, -0.05) is 5.21 Å². The summed E-state index contributed by atoms with van der Waals surface area (Å²) in [5, 5.41) is 8.11. The van der Waals surface area contributed by atoms with Gasteiger partial charge in [-0.2, -0.15) is 0 Å². The number of hydrogen-bond donors (Lipinski definition) is 0. The van der Waals surface area contributed by atoms with Crippen molar-refractivity contribution in [2.24, 2.45) is 0 Å². The SMILES string of the molecule is CC(C)(C)OCCn1cc(COC(C)(C)C)nn1. The van der Waals surface area contributed by atoms with E-state index in [0.29, 0.717) is 19.8 Å². The Morgan fingerprint density at radius 1 is 1.06 bits per heavy atom. The smallest absolute Gasteiger partial charge is 0.108 e. The minimum Gasteiger partial charge on any atom is -0.374 e. The first-order valence-electron chi connectivity index (χ1n) is 6.33. The molecule has 1 aromatic rings. The molecule has 0 aliphatic heterocycles. The third-order valence-electron chi connectivity index (χ3n) is 2.09. The van der Waals surface area contributed by atoms with Crippen molar-refractivity contribution in [3.05, 3.63) is 11.9 Å². The lowest BCUT2D eigenvalue weighted by atomic mass is 10.2. The topological polar surface area (TPSA) is 49.2 Å². The highest BCUT2D eigenvalue weighted by Crippen LogP contribution is 2.10. The highest BCUT2D eigenvalue weighted by molar-refractivity contribution is 4.90. The quantitative estimate of drug-likeness (QED) is 0.810. The lowest BCUT2D eigenvalue weighted by Gasteiger charge is -2.19. The van der Waals surface area contributed by atoms with E-state index in [9.17, 15) is 0 Å². The third-order valence-corrected chi connectivity index (χ3v) is 2.09. The summed E-state index contributed by atoms with van der Waals surface area (Å²) in [6, 6.07) is 0. The van der Waals surface area contributed by atoms with E-state index in [-0.39, 0.29) is 11.2 Å². The molecule has 18 heavy (non-hydrogen) atoms. The minimum absolute atomic E-state index is 0.112. The normalized spacial score (nSPS) is 13.0. The maximum atomic E-state index is 5.64.